The molecular weight excluding hydrogens is 437 g/mol. The SMILES string of the molecule is CC(C)(C)CS(=O)(=O)N(Cc1nc2ccc(-c3c[nH]c4cc(F)ccc34)cc2o1)C(=O)O. The minimum atomic E-state index is -4.09. The lowest BCUT2D eigenvalue weighted by Crippen LogP contribution is -2.40. The fraction of sp³-hybridized carbons (Fsp3) is 0.273. The number of aromatic nitrogens is 2. The third kappa shape index (κ3) is 4.31. The van der Waals surface area contributed by atoms with Gasteiger partial charge < -0.3 is 14.5 Å². The van der Waals surface area contributed by atoms with Crippen LogP contribution in [0.25, 0.3) is 33.1 Å². The molecule has 0 aliphatic carbocycles. The largest absolute Gasteiger partial charge is 0.464 e. The van der Waals surface area contributed by atoms with Gasteiger partial charge in [0.05, 0.1) is 5.75 Å². The van der Waals surface area contributed by atoms with Crippen molar-refractivity contribution in [2.45, 2.75) is 27.3 Å². The first-order chi connectivity index (χ1) is 14.9. The quantitative estimate of drug-likeness (QED) is 0.435. The number of H-pyrrole nitrogens is 1. The molecular formula is C22H22FN3O5S. The van der Waals surface area contributed by atoms with Crippen molar-refractivity contribution >= 4 is 38.1 Å². The van der Waals surface area contributed by atoms with Crippen molar-refractivity contribution in [2.24, 2.45) is 5.41 Å². The lowest BCUT2D eigenvalue weighted by Gasteiger charge is -2.23. The molecule has 0 fully saturated rings. The van der Waals surface area contributed by atoms with Gasteiger partial charge in [-0.1, -0.05) is 26.8 Å². The molecule has 0 bridgehead atoms. The molecule has 168 valence electrons. The highest BCUT2D eigenvalue weighted by Crippen LogP contribution is 2.31. The Morgan fingerprint density at radius 1 is 1.22 bits per heavy atom. The summed E-state index contributed by atoms with van der Waals surface area (Å²) in [5.74, 6) is -0.707. The van der Waals surface area contributed by atoms with Crippen molar-refractivity contribution in [1.82, 2.24) is 14.3 Å². The summed E-state index contributed by atoms with van der Waals surface area (Å²) in [6.45, 7) is 4.62. The predicted molar refractivity (Wildman–Crippen MR) is 118 cm³/mol. The number of rotatable bonds is 5. The Morgan fingerprint density at radius 2 is 1.97 bits per heavy atom. The Labute approximate surface area is 183 Å². The average molecular weight is 459 g/mol. The molecule has 0 aliphatic heterocycles. The van der Waals surface area contributed by atoms with E-state index in [0.29, 0.717) is 20.9 Å². The van der Waals surface area contributed by atoms with Gasteiger partial charge in [0.25, 0.3) is 0 Å². The smallest absolute Gasteiger partial charge is 0.421 e. The summed E-state index contributed by atoms with van der Waals surface area (Å²) in [6.07, 6.45) is 0.163. The number of hydrogen-bond donors (Lipinski definition) is 2. The maximum absolute atomic E-state index is 13.5. The first-order valence-corrected chi connectivity index (χ1v) is 11.4. The molecule has 0 unspecified atom stereocenters. The van der Waals surface area contributed by atoms with E-state index in [1.54, 1.807) is 45.2 Å². The maximum atomic E-state index is 13.5. The van der Waals surface area contributed by atoms with Crippen LogP contribution >= 0.6 is 0 Å². The second-order valence-electron chi connectivity index (χ2n) is 8.79. The van der Waals surface area contributed by atoms with Crippen molar-refractivity contribution < 1.29 is 27.1 Å². The van der Waals surface area contributed by atoms with Crippen LogP contribution in [0.5, 0.6) is 0 Å². The third-order valence-corrected chi connectivity index (χ3v) is 7.02. The lowest BCUT2D eigenvalue weighted by molar-refractivity contribution is 0.167. The van der Waals surface area contributed by atoms with Crippen LogP contribution in [-0.4, -0.2) is 39.6 Å². The first kappa shape index (κ1) is 21.8. The Morgan fingerprint density at radius 3 is 2.66 bits per heavy atom. The van der Waals surface area contributed by atoms with Crippen LogP contribution in [0.1, 0.15) is 26.7 Å². The molecule has 1 amide bonds. The highest BCUT2D eigenvalue weighted by molar-refractivity contribution is 7.89. The van der Waals surface area contributed by atoms with Crippen molar-refractivity contribution in [3.63, 3.8) is 0 Å². The molecule has 2 N–H and O–H groups in total. The van der Waals surface area contributed by atoms with Crippen LogP contribution in [0, 0.1) is 11.2 Å². The number of halogens is 1. The highest BCUT2D eigenvalue weighted by atomic mass is 32.2. The number of carbonyl (C=O) groups is 1. The van der Waals surface area contributed by atoms with Gasteiger partial charge in [0.15, 0.2) is 5.58 Å². The Balaban J connectivity index is 1.67. The molecule has 2 aromatic heterocycles. The minimum absolute atomic E-state index is 0.0296. The molecule has 32 heavy (non-hydrogen) atoms. The number of hydrogen-bond acceptors (Lipinski definition) is 5. The normalized spacial score (nSPS) is 12.5. The van der Waals surface area contributed by atoms with Crippen LogP contribution in [-0.2, 0) is 16.6 Å². The van der Waals surface area contributed by atoms with E-state index in [-0.39, 0.29) is 17.5 Å². The molecule has 4 rings (SSSR count). The number of sulfonamides is 1. The maximum Gasteiger partial charge on any atom is 0.421 e. The number of benzene rings is 2. The zero-order valence-corrected chi connectivity index (χ0v) is 18.5. The van der Waals surface area contributed by atoms with Gasteiger partial charge in [0.2, 0.25) is 15.9 Å². The fourth-order valence-electron chi connectivity index (χ4n) is 3.58. The predicted octanol–water partition coefficient (Wildman–Crippen LogP) is 4.97. The molecule has 2 heterocycles. The van der Waals surface area contributed by atoms with Crippen molar-refractivity contribution in [3.05, 3.63) is 54.3 Å². The summed E-state index contributed by atoms with van der Waals surface area (Å²) >= 11 is 0. The first-order valence-electron chi connectivity index (χ1n) is 9.83. The number of nitrogens with one attached hydrogen (secondary N) is 1. The van der Waals surface area contributed by atoms with E-state index in [0.717, 1.165) is 16.5 Å². The summed E-state index contributed by atoms with van der Waals surface area (Å²) in [5.41, 5.74) is 2.50. The second-order valence-corrected chi connectivity index (χ2v) is 10.7. The molecule has 0 aliphatic rings. The summed E-state index contributed by atoms with van der Waals surface area (Å²) < 4.78 is 44.7. The number of aromatic amines is 1. The van der Waals surface area contributed by atoms with Crippen molar-refractivity contribution in [3.8, 4) is 11.1 Å². The van der Waals surface area contributed by atoms with Crippen LogP contribution in [0.2, 0.25) is 0 Å². The molecule has 0 saturated carbocycles. The van der Waals surface area contributed by atoms with E-state index >= 15 is 0 Å². The third-order valence-electron chi connectivity index (χ3n) is 4.83. The zero-order chi connectivity index (χ0) is 23.3. The van der Waals surface area contributed by atoms with E-state index in [1.807, 2.05) is 6.07 Å². The molecule has 0 spiro atoms. The van der Waals surface area contributed by atoms with Crippen LogP contribution in [0.15, 0.2) is 47.0 Å². The second kappa shape index (κ2) is 7.63. The minimum Gasteiger partial charge on any atom is -0.464 e. The van der Waals surface area contributed by atoms with Crippen LogP contribution in [0.3, 0.4) is 0 Å². The molecule has 0 radical (unpaired) electrons. The van der Waals surface area contributed by atoms with Gasteiger partial charge in [-0.05, 0) is 41.3 Å². The Bertz CT molecular complexity index is 1430. The molecule has 8 nitrogen and oxygen atoms in total. The molecule has 0 saturated heterocycles. The zero-order valence-electron chi connectivity index (χ0n) is 17.7. The average Bonchev–Trinajstić information content (AvgIpc) is 3.26. The summed E-state index contributed by atoms with van der Waals surface area (Å²) in [6, 6.07) is 9.70. The standard InChI is InChI=1S/C22H22FN3O5S/c1-22(2,3)12-32(29,30)26(21(27)28)11-20-25-17-7-4-13(8-19(17)31-20)16-10-24-18-9-14(23)5-6-15(16)18/h4-10,24H,11-12H2,1-3H3,(H,27,28). The van der Waals surface area contributed by atoms with Crippen molar-refractivity contribution in [2.75, 3.05) is 5.75 Å². The van der Waals surface area contributed by atoms with E-state index < -0.39 is 28.1 Å². The number of oxazole rings is 1. The van der Waals surface area contributed by atoms with Gasteiger partial charge in [-0.15, -0.1) is 0 Å². The van der Waals surface area contributed by atoms with Crippen LogP contribution in [0.4, 0.5) is 9.18 Å². The summed E-state index contributed by atoms with van der Waals surface area (Å²) in [7, 11) is -4.09. The van der Waals surface area contributed by atoms with E-state index in [4.69, 9.17) is 4.42 Å². The van der Waals surface area contributed by atoms with Gasteiger partial charge >= 0.3 is 6.09 Å². The van der Waals surface area contributed by atoms with Gasteiger partial charge in [0, 0.05) is 22.7 Å². The van der Waals surface area contributed by atoms with Crippen molar-refractivity contribution in [1.29, 1.82) is 0 Å². The van der Waals surface area contributed by atoms with Gasteiger partial charge in [-0.3, -0.25) is 0 Å². The molecule has 2 aromatic carbocycles. The number of fused-ring (bicyclic) bond motifs is 2. The van der Waals surface area contributed by atoms with E-state index in [9.17, 15) is 22.7 Å². The fourth-order valence-corrected chi connectivity index (χ4v) is 5.37. The van der Waals surface area contributed by atoms with Crippen LogP contribution < -0.4 is 0 Å². The summed E-state index contributed by atoms with van der Waals surface area (Å²) in [4.78, 5) is 18.9. The van der Waals surface area contributed by atoms with E-state index in [2.05, 4.69) is 9.97 Å². The number of nitrogens with zero attached hydrogens (tertiary/aromatic N) is 2. The number of amides is 1. The van der Waals surface area contributed by atoms with Gasteiger partial charge in [0.1, 0.15) is 17.9 Å². The molecule has 10 heteroatoms. The topological polar surface area (TPSA) is 117 Å². The number of carboxylic acid groups (broad SMARTS) is 1. The highest BCUT2D eigenvalue weighted by Gasteiger charge is 2.33. The van der Waals surface area contributed by atoms with Gasteiger partial charge in [-0.25, -0.2) is 22.6 Å². The molecule has 4 aromatic rings. The lowest BCUT2D eigenvalue weighted by atomic mass is 10.0. The van der Waals surface area contributed by atoms with Gasteiger partial charge in [-0.2, -0.15) is 4.31 Å². The summed E-state index contributed by atoms with van der Waals surface area (Å²) in [5, 5.41) is 10.3. The Kier molecular flexibility index (Phi) is 5.20. The Hall–Kier alpha value is -3.40. The molecule has 0 atom stereocenters. The monoisotopic (exact) mass is 459 g/mol. The van der Waals surface area contributed by atoms with E-state index in [1.165, 1.54) is 12.1 Å².